The molecule has 0 atom stereocenters. The maximum absolute atomic E-state index is 7.90. The normalized spacial score (nSPS) is 10.3. The molecule has 0 aromatic carbocycles. The molecule has 0 unspecified atom stereocenters. The van der Waals surface area contributed by atoms with Crippen molar-refractivity contribution in [2.45, 2.75) is 26.4 Å². The van der Waals surface area contributed by atoms with Crippen LogP contribution in [0.4, 0.5) is 0 Å². The molecule has 0 rings (SSSR count). The smallest absolute Gasteiger partial charge is 0.0949 e. The van der Waals surface area contributed by atoms with Crippen molar-refractivity contribution in [3.05, 3.63) is 0 Å². The third-order valence-electron chi connectivity index (χ3n) is 0.274. The Morgan fingerprint density at radius 1 is 1.29 bits per heavy atom. The Bertz CT molecular complexity index is 39.4. The van der Waals surface area contributed by atoms with Crippen molar-refractivity contribution in [3.63, 3.8) is 0 Å². The van der Waals surface area contributed by atoms with Crippen LogP contribution in [-0.2, 0) is 27.3 Å². The zero-order chi connectivity index (χ0) is 5.21. The summed E-state index contributed by atoms with van der Waals surface area (Å²) in [6.07, 6.45) is 0. The molecule has 0 aliphatic carbocycles. The van der Waals surface area contributed by atoms with Crippen molar-refractivity contribution in [2.75, 3.05) is 0 Å². The van der Waals surface area contributed by atoms with E-state index in [9.17, 15) is 0 Å². The van der Waals surface area contributed by atoms with Gasteiger partial charge >= 0.3 is 0 Å². The van der Waals surface area contributed by atoms with Gasteiger partial charge in [-0.05, 0) is 20.8 Å². The second-order valence-electron chi connectivity index (χ2n) is 2.20. The molecule has 3 heteroatoms. The van der Waals surface area contributed by atoms with Crippen molar-refractivity contribution < 1.29 is 32.5 Å². The fourth-order valence-corrected chi connectivity index (χ4v) is 0. The van der Waals surface area contributed by atoms with E-state index in [1.807, 2.05) is 0 Å². The van der Waals surface area contributed by atoms with Crippen LogP contribution in [0.1, 0.15) is 20.8 Å². The van der Waals surface area contributed by atoms with E-state index in [1.54, 1.807) is 20.8 Å². The fourth-order valence-electron chi connectivity index (χ4n) is 0. The number of rotatable bonds is 0. The summed E-state index contributed by atoms with van der Waals surface area (Å²) in [6.45, 7) is 5.31. The van der Waals surface area contributed by atoms with Crippen LogP contribution in [0.2, 0.25) is 0 Å². The zero-order valence-corrected chi connectivity index (χ0v) is 6.14. The van der Waals surface area contributed by atoms with Crippen LogP contribution >= 0.6 is 0 Å². The summed E-state index contributed by atoms with van der Waals surface area (Å²) in [4.78, 5) is 3.94. The molecule has 0 bridgehead atoms. The predicted molar refractivity (Wildman–Crippen MR) is 23.5 cm³/mol. The first-order chi connectivity index (χ1) is 2.56. The number of hydrogen-bond donors (Lipinski definition) is 1. The second-order valence-corrected chi connectivity index (χ2v) is 2.20. The SMILES string of the molecule is CC(C)(C)OO.[Ag]. The summed E-state index contributed by atoms with van der Waals surface area (Å²) >= 11 is 0. The summed E-state index contributed by atoms with van der Waals surface area (Å²) in [5.74, 6) is 0. The monoisotopic (exact) mass is 197 g/mol. The van der Waals surface area contributed by atoms with E-state index in [4.69, 9.17) is 5.26 Å². The van der Waals surface area contributed by atoms with Gasteiger partial charge in [0, 0.05) is 22.4 Å². The quantitative estimate of drug-likeness (QED) is 0.360. The predicted octanol–water partition coefficient (Wildman–Crippen LogP) is 1.27. The maximum atomic E-state index is 7.90. The van der Waals surface area contributed by atoms with Crippen LogP contribution in [0, 0.1) is 0 Å². The third-order valence-corrected chi connectivity index (χ3v) is 0.274. The van der Waals surface area contributed by atoms with Gasteiger partial charge in [0.25, 0.3) is 0 Å². The third kappa shape index (κ3) is 10.8. The molecular formula is C4H10AgO2. The molecule has 0 aliphatic rings. The molecule has 0 saturated carbocycles. The minimum absolute atomic E-state index is 0. The summed E-state index contributed by atoms with van der Waals surface area (Å²) < 4.78 is 0. The Morgan fingerprint density at radius 2 is 1.43 bits per heavy atom. The van der Waals surface area contributed by atoms with Crippen molar-refractivity contribution in [2.24, 2.45) is 0 Å². The van der Waals surface area contributed by atoms with Crippen LogP contribution in [-0.4, -0.2) is 10.9 Å². The first kappa shape index (κ1) is 10.6. The molecule has 1 N–H and O–H groups in total. The topological polar surface area (TPSA) is 29.5 Å². The Kier molecular flexibility index (Phi) is 5.51. The molecule has 0 aromatic heterocycles. The molecular weight excluding hydrogens is 188 g/mol. The molecule has 1 radical (unpaired) electrons. The largest absolute Gasteiger partial charge is 0.251 e. The summed E-state index contributed by atoms with van der Waals surface area (Å²) in [7, 11) is 0. The Morgan fingerprint density at radius 3 is 1.43 bits per heavy atom. The van der Waals surface area contributed by atoms with E-state index < -0.39 is 5.60 Å². The molecule has 0 fully saturated rings. The Labute approximate surface area is 59.3 Å². The van der Waals surface area contributed by atoms with E-state index >= 15 is 0 Å². The van der Waals surface area contributed by atoms with E-state index in [-0.39, 0.29) is 22.4 Å². The minimum Gasteiger partial charge on any atom is -0.251 e. The van der Waals surface area contributed by atoms with Gasteiger partial charge in [-0.3, -0.25) is 5.26 Å². The molecule has 0 aliphatic heterocycles. The first-order valence-corrected chi connectivity index (χ1v) is 1.89. The van der Waals surface area contributed by atoms with Gasteiger partial charge in [0.2, 0.25) is 0 Å². The van der Waals surface area contributed by atoms with E-state index in [1.165, 1.54) is 0 Å². The molecule has 0 amide bonds. The van der Waals surface area contributed by atoms with Gasteiger partial charge in [-0.2, -0.15) is 0 Å². The molecule has 0 heterocycles. The van der Waals surface area contributed by atoms with Crippen LogP contribution in [0.3, 0.4) is 0 Å². The molecule has 0 saturated heterocycles. The minimum atomic E-state index is -0.403. The van der Waals surface area contributed by atoms with Gasteiger partial charge in [0.15, 0.2) is 0 Å². The van der Waals surface area contributed by atoms with Gasteiger partial charge in [0.05, 0.1) is 5.60 Å². The fraction of sp³-hybridized carbons (Fsp3) is 1.00. The molecule has 7 heavy (non-hydrogen) atoms. The van der Waals surface area contributed by atoms with Gasteiger partial charge < -0.3 is 0 Å². The van der Waals surface area contributed by atoms with Crippen molar-refractivity contribution in [1.82, 2.24) is 0 Å². The van der Waals surface area contributed by atoms with E-state index in [0.717, 1.165) is 0 Å². The van der Waals surface area contributed by atoms with Gasteiger partial charge in [-0.1, -0.05) is 0 Å². The summed E-state index contributed by atoms with van der Waals surface area (Å²) in [6, 6.07) is 0. The Hall–Kier alpha value is 0.660. The van der Waals surface area contributed by atoms with Gasteiger partial charge in [-0.25, -0.2) is 4.89 Å². The zero-order valence-electron chi connectivity index (χ0n) is 4.66. The van der Waals surface area contributed by atoms with Crippen molar-refractivity contribution >= 4 is 0 Å². The molecule has 49 valence electrons. The standard InChI is InChI=1S/C4H10O2.Ag/c1-4(2,3)6-5;/h5H,1-3H3;. The molecule has 0 spiro atoms. The average Bonchev–Trinajstić information content (AvgIpc) is 1.35. The Balaban J connectivity index is 0. The maximum Gasteiger partial charge on any atom is 0.0949 e. The van der Waals surface area contributed by atoms with Gasteiger partial charge in [0.1, 0.15) is 0 Å². The van der Waals surface area contributed by atoms with Crippen LogP contribution in [0.25, 0.3) is 0 Å². The van der Waals surface area contributed by atoms with Gasteiger partial charge in [-0.15, -0.1) is 0 Å². The summed E-state index contributed by atoms with van der Waals surface area (Å²) in [5.41, 5.74) is -0.403. The van der Waals surface area contributed by atoms with E-state index in [2.05, 4.69) is 4.89 Å². The first-order valence-electron chi connectivity index (χ1n) is 1.89. The van der Waals surface area contributed by atoms with Crippen LogP contribution < -0.4 is 0 Å². The molecule has 2 nitrogen and oxygen atoms in total. The summed E-state index contributed by atoms with van der Waals surface area (Å²) in [5, 5.41) is 7.90. The van der Waals surface area contributed by atoms with E-state index in [0.29, 0.717) is 0 Å². The van der Waals surface area contributed by atoms with Crippen LogP contribution in [0.15, 0.2) is 0 Å². The second kappa shape index (κ2) is 3.64. The van der Waals surface area contributed by atoms with Crippen molar-refractivity contribution in [3.8, 4) is 0 Å². The molecule has 0 aromatic rings. The van der Waals surface area contributed by atoms with Crippen LogP contribution in [0.5, 0.6) is 0 Å². The van der Waals surface area contributed by atoms with Crippen molar-refractivity contribution in [1.29, 1.82) is 0 Å². The average molecular weight is 198 g/mol. The number of hydrogen-bond acceptors (Lipinski definition) is 2.